The van der Waals surface area contributed by atoms with E-state index < -0.39 is 11.4 Å². The van der Waals surface area contributed by atoms with Crippen molar-refractivity contribution in [1.82, 2.24) is 0 Å². The quantitative estimate of drug-likeness (QED) is 0.574. The van der Waals surface area contributed by atoms with Gasteiger partial charge in [-0.25, -0.2) is 0 Å². The largest absolute Gasteiger partial charge is 0.378 e. The zero-order valence-electron chi connectivity index (χ0n) is 6.67. The molecule has 0 atom stereocenters. The number of hydrogen-bond acceptors (Lipinski definition) is 3. The molecule has 4 N–H and O–H groups in total. The lowest BCUT2D eigenvalue weighted by atomic mass is 9.74. The molecule has 0 aromatic carbocycles. The highest BCUT2D eigenvalue weighted by Gasteiger charge is 2.46. The van der Waals surface area contributed by atoms with E-state index in [2.05, 4.69) is 0 Å². The van der Waals surface area contributed by atoms with Crippen molar-refractivity contribution >= 4 is 5.91 Å². The minimum absolute atomic E-state index is 0.137. The summed E-state index contributed by atoms with van der Waals surface area (Å²) in [5.74, 6) is -0.423. The predicted molar refractivity (Wildman–Crippen MR) is 40.8 cm³/mol. The van der Waals surface area contributed by atoms with Gasteiger partial charge in [-0.15, -0.1) is 0 Å². The van der Waals surface area contributed by atoms with Gasteiger partial charge in [-0.2, -0.15) is 0 Å². The lowest BCUT2D eigenvalue weighted by Crippen LogP contribution is -2.63. The Kier molecular flexibility index (Phi) is 2.15. The lowest BCUT2D eigenvalue weighted by Gasteiger charge is -2.41. The highest BCUT2D eigenvalue weighted by molar-refractivity contribution is 5.85. The second kappa shape index (κ2) is 2.79. The van der Waals surface area contributed by atoms with Crippen molar-refractivity contribution in [2.45, 2.75) is 31.4 Å². The Hall–Kier alpha value is -0.610. The van der Waals surface area contributed by atoms with Gasteiger partial charge in [-0.1, -0.05) is 0 Å². The summed E-state index contributed by atoms with van der Waals surface area (Å²) in [7, 11) is 0. The molecular formula is C7H14N2O2. The Bertz CT molecular complexity index is 164. The molecule has 0 heterocycles. The molecule has 1 amide bonds. The summed E-state index contributed by atoms with van der Waals surface area (Å²) in [4.78, 5) is 10.7. The maximum Gasteiger partial charge on any atom is 0.237 e. The molecule has 0 radical (unpaired) electrons. The number of carbonyl (C=O) groups is 1. The van der Waals surface area contributed by atoms with E-state index in [4.69, 9.17) is 16.2 Å². The van der Waals surface area contributed by atoms with Gasteiger partial charge in [0.15, 0.2) is 0 Å². The second-order valence-electron chi connectivity index (χ2n) is 3.01. The third kappa shape index (κ3) is 1.52. The van der Waals surface area contributed by atoms with Crippen molar-refractivity contribution in [1.29, 1.82) is 0 Å². The fraction of sp³-hybridized carbons (Fsp3) is 0.857. The molecule has 1 rings (SSSR count). The third-order valence-electron chi connectivity index (χ3n) is 2.08. The molecule has 64 valence electrons. The van der Waals surface area contributed by atoms with Gasteiger partial charge < -0.3 is 16.2 Å². The Labute approximate surface area is 65.9 Å². The molecule has 0 spiro atoms. The average molecular weight is 158 g/mol. The predicted octanol–water partition coefficient (Wildman–Crippen LogP) is -0.632. The van der Waals surface area contributed by atoms with Crippen LogP contribution in [0.4, 0.5) is 0 Å². The van der Waals surface area contributed by atoms with E-state index >= 15 is 0 Å². The molecule has 1 aliphatic rings. The molecule has 0 bridgehead atoms. The van der Waals surface area contributed by atoms with Gasteiger partial charge in [0.2, 0.25) is 5.91 Å². The normalized spacial score (nSPS) is 36.4. The molecule has 1 aliphatic carbocycles. The molecule has 0 unspecified atom stereocenters. The first-order valence-corrected chi connectivity index (χ1v) is 3.79. The Morgan fingerprint density at radius 2 is 2.27 bits per heavy atom. The maximum absolute atomic E-state index is 10.7. The number of carbonyl (C=O) groups excluding carboxylic acids is 1. The molecule has 0 aliphatic heterocycles. The van der Waals surface area contributed by atoms with Crippen molar-refractivity contribution < 1.29 is 9.53 Å². The lowest BCUT2D eigenvalue weighted by molar-refractivity contribution is -0.133. The van der Waals surface area contributed by atoms with Crippen LogP contribution >= 0.6 is 0 Å². The first-order valence-electron chi connectivity index (χ1n) is 3.79. The molecule has 1 fully saturated rings. The number of primary amides is 1. The molecular weight excluding hydrogens is 144 g/mol. The molecule has 4 nitrogen and oxygen atoms in total. The summed E-state index contributed by atoms with van der Waals surface area (Å²) in [5, 5.41) is 0. The van der Waals surface area contributed by atoms with Crippen LogP contribution in [0.3, 0.4) is 0 Å². The summed E-state index contributed by atoms with van der Waals surface area (Å²) >= 11 is 0. The first-order chi connectivity index (χ1) is 5.08. The van der Waals surface area contributed by atoms with Gasteiger partial charge >= 0.3 is 0 Å². The average Bonchev–Trinajstić information content (AvgIpc) is 1.84. The number of nitrogens with two attached hydrogens (primary N) is 2. The zero-order chi connectivity index (χ0) is 8.48. The molecule has 0 aromatic rings. The Morgan fingerprint density at radius 1 is 1.73 bits per heavy atom. The van der Waals surface area contributed by atoms with Gasteiger partial charge in [-0.05, 0) is 6.92 Å². The minimum Gasteiger partial charge on any atom is -0.378 e. The maximum atomic E-state index is 10.7. The van der Waals surface area contributed by atoms with Crippen LogP contribution in [0.15, 0.2) is 0 Å². The SMILES string of the molecule is CCOC1CC(N)(C(N)=O)C1. The van der Waals surface area contributed by atoms with Crippen molar-refractivity contribution in [2.24, 2.45) is 11.5 Å². The van der Waals surface area contributed by atoms with E-state index in [9.17, 15) is 4.79 Å². The highest BCUT2D eigenvalue weighted by Crippen LogP contribution is 2.31. The zero-order valence-corrected chi connectivity index (χ0v) is 6.67. The number of rotatable bonds is 3. The summed E-state index contributed by atoms with van der Waals surface area (Å²) in [5.41, 5.74) is 9.89. The Balaban J connectivity index is 2.32. The van der Waals surface area contributed by atoms with Crippen molar-refractivity contribution in [3.8, 4) is 0 Å². The first kappa shape index (κ1) is 8.49. The van der Waals surface area contributed by atoms with Crippen LogP contribution in [0.25, 0.3) is 0 Å². The summed E-state index contributed by atoms with van der Waals surface area (Å²) < 4.78 is 5.24. The van der Waals surface area contributed by atoms with E-state index in [0.29, 0.717) is 19.4 Å². The topological polar surface area (TPSA) is 78.3 Å². The summed E-state index contributed by atoms with van der Waals surface area (Å²) in [6, 6.07) is 0. The van der Waals surface area contributed by atoms with Crippen molar-refractivity contribution in [3.63, 3.8) is 0 Å². The van der Waals surface area contributed by atoms with Crippen LogP contribution in [0.1, 0.15) is 19.8 Å². The molecule has 0 saturated heterocycles. The van der Waals surface area contributed by atoms with E-state index in [0.717, 1.165) is 0 Å². The fourth-order valence-electron chi connectivity index (χ4n) is 1.31. The number of amides is 1. The second-order valence-corrected chi connectivity index (χ2v) is 3.01. The van der Waals surface area contributed by atoms with E-state index in [1.54, 1.807) is 0 Å². The van der Waals surface area contributed by atoms with Crippen molar-refractivity contribution in [3.05, 3.63) is 0 Å². The highest BCUT2D eigenvalue weighted by atomic mass is 16.5. The fourth-order valence-corrected chi connectivity index (χ4v) is 1.31. The Morgan fingerprint density at radius 3 is 2.64 bits per heavy atom. The van der Waals surface area contributed by atoms with E-state index in [1.165, 1.54) is 0 Å². The van der Waals surface area contributed by atoms with Gasteiger partial charge in [0.25, 0.3) is 0 Å². The van der Waals surface area contributed by atoms with Gasteiger partial charge in [0.1, 0.15) is 5.54 Å². The monoisotopic (exact) mass is 158 g/mol. The van der Waals surface area contributed by atoms with Crippen LogP contribution < -0.4 is 11.5 Å². The summed E-state index contributed by atoms with van der Waals surface area (Å²) in [6.07, 6.45) is 1.27. The van der Waals surface area contributed by atoms with Crippen LogP contribution in [0.5, 0.6) is 0 Å². The van der Waals surface area contributed by atoms with Crippen LogP contribution in [-0.2, 0) is 9.53 Å². The number of ether oxygens (including phenoxy) is 1. The van der Waals surface area contributed by atoms with Crippen LogP contribution in [0, 0.1) is 0 Å². The van der Waals surface area contributed by atoms with E-state index in [-0.39, 0.29) is 6.10 Å². The van der Waals surface area contributed by atoms with Gasteiger partial charge in [0.05, 0.1) is 6.10 Å². The summed E-state index contributed by atoms with van der Waals surface area (Å²) in [6.45, 7) is 2.58. The molecule has 11 heavy (non-hydrogen) atoms. The van der Waals surface area contributed by atoms with Crippen LogP contribution in [-0.4, -0.2) is 24.2 Å². The van der Waals surface area contributed by atoms with Crippen LogP contribution in [0.2, 0.25) is 0 Å². The molecule has 1 saturated carbocycles. The van der Waals surface area contributed by atoms with Crippen molar-refractivity contribution in [2.75, 3.05) is 6.61 Å². The molecule has 0 aromatic heterocycles. The van der Waals surface area contributed by atoms with E-state index in [1.807, 2.05) is 6.92 Å². The smallest absolute Gasteiger partial charge is 0.237 e. The van der Waals surface area contributed by atoms with Gasteiger partial charge in [0, 0.05) is 19.4 Å². The minimum atomic E-state index is -0.792. The third-order valence-corrected chi connectivity index (χ3v) is 2.08. The molecule has 4 heteroatoms. The number of hydrogen-bond donors (Lipinski definition) is 2. The standard InChI is InChI=1S/C7H14N2O2/c1-2-11-5-3-7(9,4-5)6(8)10/h5H,2-4,9H2,1H3,(H2,8,10). The van der Waals surface area contributed by atoms with Gasteiger partial charge in [-0.3, -0.25) is 4.79 Å².